The van der Waals surface area contributed by atoms with Gasteiger partial charge in [0.25, 0.3) is 5.91 Å². The van der Waals surface area contributed by atoms with Crippen LogP contribution in [-0.2, 0) is 6.42 Å². The lowest BCUT2D eigenvalue weighted by Crippen LogP contribution is -2.41. The highest BCUT2D eigenvalue weighted by Crippen LogP contribution is 2.40. The molecule has 148 valence electrons. The first-order valence-corrected chi connectivity index (χ1v) is 10.0. The molecule has 6 nitrogen and oxygen atoms in total. The first-order valence-electron chi connectivity index (χ1n) is 10.0. The number of nitrogens with zero attached hydrogens (tertiary/aromatic N) is 1. The van der Waals surface area contributed by atoms with Crippen molar-refractivity contribution in [2.75, 3.05) is 6.61 Å². The molecule has 1 fully saturated rings. The zero-order valence-electron chi connectivity index (χ0n) is 16.0. The van der Waals surface area contributed by atoms with Crippen molar-refractivity contribution in [3.63, 3.8) is 0 Å². The Labute approximate surface area is 168 Å². The number of rotatable bonds is 5. The number of fused-ring (bicyclic) bond motifs is 1. The molecule has 2 aliphatic rings. The maximum atomic E-state index is 13.2. The topological polar surface area (TPSA) is 87.2 Å². The number of aliphatic hydroxyl groups is 1. The number of ether oxygens (including phenoxy) is 1. The Kier molecular flexibility index (Phi) is 4.56. The molecule has 1 aliphatic heterocycles. The van der Waals surface area contributed by atoms with E-state index in [1.54, 1.807) is 6.20 Å². The van der Waals surface area contributed by atoms with Gasteiger partial charge in [-0.25, -0.2) is 0 Å². The van der Waals surface area contributed by atoms with Gasteiger partial charge >= 0.3 is 0 Å². The fourth-order valence-corrected chi connectivity index (χ4v) is 4.28. The molecular weight excluding hydrogens is 366 g/mol. The van der Waals surface area contributed by atoms with Gasteiger partial charge in [0.15, 0.2) is 0 Å². The van der Waals surface area contributed by atoms with E-state index in [1.807, 2.05) is 42.5 Å². The minimum Gasteiger partial charge on any atom is -0.493 e. The Balaban J connectivity index is 1.43. The summed E-state index contributed by atoms with van der Waals surface area (Å²) in [5.74, 6) is 0.968. The number of H-pyrrole nitrogens is 1. The van der Waals surface area contributed by atoms with Crippen molar-refractivity contribution in [3.05, 3.63) is 71.4 Å². The van der Waals surface area contributed by atoms with Crippen LogP contribution in [0.25, 0.3) is 11.3 Å². The van der Waals surface area contributed by atoms with Gasteiger partial charge in [0.05, 0.1) is 36.2 Å². The lowest BCUT2D eigenvalue weighted by molar-refractivity contribution is 0.0235. The molecule has 0 unspecified atom stereocenters. The number of carbonyl (C=O) groups excluding carboxylic acids is 1. The number of hydrogen-bond donors (Lipinski definition) is 3. The van der Waals surface area contributed by atoms with Crippen molar-refractivity contribution in [3.8, 4) is 17.0 Å². The molecule has 3 aromatic rings. The van der Waals surface area contributed by atoms with Crippen LogP contribution < -0.4 is 10.1 Å². The molecule has 3 N–H and O–H groups in total. The summed E-state index contributed by atoms with van der Waals surface area (Å²) in [6.45, 7) is 0.702. The summed E-state index contributed by atoms with van der Waals surface area (Å²) in [4.78, 5) is 13.2. The Bertz CT molecular complexity index is 1020. The quantitative estimate of drug-likeness (QED) is 0.625. The minimum absolute atomic E-state index is 0.157. The fraction of sp³-hybridized carbons (Fsp3) is 0.304. The highest BCUT2D eigenvalue weighted by molar-refractivity contribution is 6.00. The molecule has 6 heteroatoms. The molecule has 1 aliphatic carbocycles. The average Bonchev–Trinajstić information content (AvgIpc) is 3.39. The van der Waals surface area contributed by atoms with E-state index in [0.717, 1.165) is 23.3 Å². The van der Waals surface area contributed by atoms with Crippen LogP contribution in [-0.4, -0.2) is 33.9 Å². The zero-order valence-corrected chi connectivity index (χ0v) is 16.0. The number of benzene rings is 2. The average molecular weight is 389 g/mol. The van der Waals surface area contributed by atoms with Gasteiger partial charge in [-0.3, -0.25) is 9.89 Å². The molecule has 0 saturated heterocycles. The highest BCUT2D eigenvalue weighted by atomic mass is 16.5. The Morgan fingerprint density at radius 2 is 2.03 bits per heavy atom. The molecule has 29 heavy (non-hydrogen) atoms. The molecule has 1 saturated carbocycles. The van der Waals surface area contributed by atoms with Crippen LogP contribution in [0.15, 0.2) is 54.7 Å². The number of aromatic nitrogens is 2. The SMILES string of the molecule is O=C(N[C@@H](c1ccc2c(c1)CCO2)C1CC(O)C1)c1cn[nH]c1-c1ccccc1. The predicted molar refractivity (Wildman–Crippen MR) is 109 cm³/mol. The van der Waals surface area contributed by atoms with Crippen molar-refractivity contribution in [1.29, 1.82) is 0 Å². The van der Waals surface area contributed by atoms with Gasteiger partial charge in [0.2, 0.25) is 0 Å². The molecule has 5 rings (SSSR count). The number of aliphatic hydroxyl groups excluding tert-OH is 1. The van der Waals surface area contributed by atoms with E-state index in [4.69, 9.17) is 4.74 Å². The van der Waals surface area contributed by atoms with Crippen molar-refractivity contribution in [2.24, 2.45) is 5.92 Å². The van der Waals surface area contributed by atoms with Gasteiger partial charge in [-0.05, 0) is 42.0 Å². The number of aromatic amines is 1. The summed E-state index contributed by atoms with van der Waals surface area (Å²) >= 11 is 0. The van der Waals surface area contributed by atoms with Crippen LogP contribution in [0, 0.1) is 5.92 Å². The summed E-state index contributed by atoms with van der Waals surface area (Å²) in [5, 5.41) is 20.1. The van der Waals surface area contributed by atoms with Gasteiger partial charge < -0.3 is 15.2 Å². The van der Waals surface area contributed by atoms with Gasteiger partial charge in [-0.2, -0.15) is 5.10 Å². The molecule has 0 radical (unpaired) electrons. The summed E-state index contributed by atoms with van der Waals surface area (Å²) in [6, 6.07) is 15.7. The predicted octanol–water partition coefficient (Wildman–Crippen LogP) is 3.25. The second kappa shape index (κ2) is 7.37. The standard InChI is InChI=1S/C23H23N3O3/c27-18-11-17(12-18)21(16-6-7-20-15(10-16)8-9-29-20)25-23(28)19-13-24-26-22(19)14-4-2-1-3-5-14/h1-7,10,13,17-18,21,27H,8-9,11-12H2,(H,24,26)(H,25,28)/t17?,18?,21-/m0/s1. The van der Waals surface area contributed by atoms with Gasteiger partial charge in [-0.15, -0.1) is 0 Å². The van der Waals surface area contributed by atoms with Gasteiger partial charge in [0, 0.05) is 12.0 Å². The number of carbonyl (C=O) groups is 1. The number of amides is 1. The molecule has 1 amide bonds. The van der Waals surface area contributed by atoms with E-state index < -0.39 is 0 Å². The molecular formula is C23H23N3O3. The first kappa shape index (κ1) is 17.9. The van der Waals surface area contributed by atoms with Crippen LogP contribution in [0.4, 0.5) is 0 Å². The third kappa shape index (κ3) is 3.40. The van der Waals surface area contributed by atoms with Crippen molar-refractivity contribution >= 4 is 5.91 Å². The summed E-state index contributed by atoms with van der Waals surface area (Å²) in [5.41, 5.74) is 4.38. The summed E-state index contributed by atoms with van der Waals surface area (Å²) in [6.07, 6.45) is 3.55. The van der Waals surface area contributed by atoms with Crippen molar-refractivity contribution in [1.82, 2.24) is 15.5 Å². The number of hydrogen-bond acceptors (Lipinski definition) is 4. The second-order valence-corrected chi connectivity index (χ2v) is 7.83. The van der Waals surface area contributed by atoms with E-state index in [1.165, 1.54) is 5.56 Å². The third-order valence-electron chi connectivity index (χ3n) is 5.93. The molecule has 2 aromatic carbocycles. The van der Waals surface area contributed by atoms with Crippen LogP contribution in [0.2, 0.25) is 0 Å². The van der Waals surface area contributed by atoms with E-state index in [0.29, 0.717) is 30.7 Å². The Morgan fingerprint density at radius 3 is 2.83 bits per heavy atom. The Hall–Kier alpha value is -3.12. The van der Waals surface area contributed by atoms with Crippen LogP contribution >= 0.6 is 0 Å². The molecule has 0 bridgehead atoms. The monoisotopic (exact) mass is 389 g/mol. The molecule has 0 spiro atoms. The zero-order chi connectivity index (χ0) is 19.8. The van der Waals surface area contributed by atoms with E-state index in [2.05, 4.69) is 21.6 Å². The highest BCUT2D eigenvalue weighted by Gasteiger charge is 2.36. The summed E-state index contributed by atoms with van der Waals surface area (Å²) < 4.78 is 5.62. The van der Waals surface area contributed by atoms with Crippen LogP contribution in [0.1, 0.15) is 40.4 Å². The van der Waals surface area contributed by atoms with Gasteiger partial charge in [-0.1, -0.05) is 36.4 Å². The second-order valence-electron chi connectivity index (χ2n) is 7.83. The normalized spacial score (nSPS) is 21.0. The van der Waals surface area contributed by atoms with Gasteiger partial charge in [0.1, 0.15) is 5.75 Å². The lowest BCUT2D eigenvalue weighted by Gasteiger charge is -2.38. The minimum atomic E-state index is -0.286. The van der Waals surface area contributed by atoms with Crippen molar-refractivity contribution in [2.45, 2.75) is 31.4 Å². The maximum absolute atomic E-state index is 13.2. The van der Waals surface area contributed by atoms with Crippen LogP contribution in [0.5, 0.6) is 5.75 Å². The smallest absolute Gasteiger partial charge is 0.255 e. The summed E-state index contributed by atoms with van der Waals surface area (Å²) in [7, 11) is 0. The molecule has 2 heterocycles. The lowest BCUT2D eigenvalue weighted by atomic mass is 9.74. The maximum Gasteiger partial charge on any atom is 0.255 e. The molecule has 1 aromatic heterocycles. The number of nitrogens with one attached hydrogen (secondary N) is 2. The first-order chi connectivity index (χ1) is 14.2. The van der Waals surface area contributed by atoms with Crippen molar-refractivity contribution < 1.29 is 14.6 Å². The molecule has 1 atom stereocenters. The fourth-order valence-electron chi connectivity index (χ4n) is 4.28. The van der Waals surface area contributed by atoms with E-state index in [9.17, 15) is 9.90 Å². The van der Waals surface area contributed by atoms with E-state index in [-0.39, 0.29) is 24.0 Å². The largest absolute Gasteiger partial charge is 0.493 e. The Morgan fingerprint density at radius 1 is 1.21 bits per heavy atom. The third-order valence-corrected chi connectivity index (χ3v) is 5.93. The van der Waals surface area contributed by atoms with E-state index >= 15 is 0 Å². The van der Waals surface area contributed by atoms with Crippen LogP contribution in [0.3, 0.4) is 0 Å².